The normalized spacial score (nSPS) is 11.9. The zero-order chi connectivity index (χ0) is 10.3. The number of ketones is 1. The van der Waals surface area contributed by atoms with E-state index in [0.717, 1.165) is 18.7 Å². The molecule has 0 bridgehead atoms. The lowest BCUT2D eigenvalue weighted by Gasteiger charge is -2.10. The zero-order valence-electron chi connectivity index (χ0n) is 9.18. The van der Waals surface area contributed by atoms with Gasteiger partial charge in [-0.2, -0.15) is 0 Å². The summed E-state index contributed by atoms with van der Waals surface area (Å²) in [5.41, 5.74) is 1.06. The van der Waals surface area contributed by atoms with Crippen molar-refractivity contribution in [2.24, 2.45) is 5.92 Å². The summed E-state index contributed by atoms with van der Waals surface area (Å²) in [6.07, 6.45) is 3.22. The van der Waals surface area contributed by atoms with E-state index in [1.165, 1.54) is 0 Å². The van der Waals surface area contributed by atoms with Gasteiger partial charge in [-0.05, 0) is 18.4 Å². The van der Waals surface area contributed by atoms with Gasteiger partial charge in [-0.15, -0.1) is 0 Å². The second kappa shape index (κ2) is 6.70. The largest absolute Gasteiger partial charge is 0.388 e. The standard InChI is InChI=1S/C11H21NO/c1-5-10(7-11(13)6-2)12-8-9(3)4/h7,9,12H,5-6,8H2,1-4H3/b10-7-. The number of carbonyl (C=O) groups is 1. The molecule has 0 unspecified atom stereocenters. The summed E-state index contributed by atoms with van der Waals surface area (Å²) in [6, 6.07) is 0. The molecule has 0 aromatic rings. The molecule has 0 aliphatic heterocycles. The molecule has 0 amide bonds. The number of hydrogen-bond acceptors (Lipinski definition) is 2. The highest BCUT2D eigenvalue weighted by atomic mass is 16.1. The average Bonchev–Trinajstić information content (AvgIpc) is 2.11. The minimum atomic E-state index is 0.202. The molecule has 0 saturated heterocycles. The molecule has 0 heterocycles. The summed E-state index contributed by atoms with van der Waals surface area (Å²) in [4.78, 5) is 11.1. The van der Waals surface area contributed by atoms with Crippen molar-refractivity contribution in [1.29, 1.82) is 0 Å². The molecule has 0 radical (unpaired) electrons. The molecular weight excluding hydrogens is 162 g/mol. The molecule has 1 N–H and O–H groups in total. The van der Waals surface area contributed by atoms with Crippen LogP contribution in [0.25, 0.3) is 0 Å². The molecule has 0 fully saturated rings. The first-order chi connectivity index (χ1) is 6.10. The molecule has 2 heteroatoms. The van der Waals surface area contributed by atoms with E-state index in [1.54, 1.807) is 6.08 Å². The van der Waals surface area contributed by atoms with Crippen LogP contribution in [-0.2, 0) is 4.79 Å². The Morgan fingerprint density at radius 2 is 1.92 bits per heavy atom. The van der Waals surface area contributed by atoms with E-state index in [4.69, 9.17) is 0 Å². The Kier molecular flexibility index (Phi) is 6.29. The van der Waals surface area contributed by atoms with Crippen molar-refractivity contribution < 1.29 is 4.79 Å². The Bertz CT molecular complexity index is 183. The van der Waals surface area contributed by atoms with Crippen LogP contribution in [-0.4, -0.2) is 12.3 Å². The van der Waals surface area contributed by atoms with Gasteiger partial charge in [-0.1, -0.05) is 27.7 Å². The third-order valence-corrected chi connectivity index (χ3v) is 1.80. The van der Waals surface area contributed by atoms with Crippen LogP contribution in [0.1, 0.15) is 40.5 Å². The highest BCUT2D eigenvalue weighted by Gasteiger charge is 1.99. The van der Waals surface area contributed by atoms with Crippen LogP contribution in [0.5, 0.6) is 0 Å². The lowest BCUT2D eigenvalue weighted by atomic mass is 10.2. The van der Waals surface area contributed by atoms with Crippen molar-refractivity contribution in [2.75, 3.05) is 6.54 Å². The van der Waals surface area contributed by atoms with Gasteiger partial charge in [-0.25, -0.2) is 0 Å². The minimum absolute atomic E-state index is 0.202. The molecule has 0 atom stereocenters. The zero-order valence-corrected chi connectivity index (χ0v) is 9.18. The van der Waals surface area contributed by atoms with Crippen molar-refractivity contribution in [1.82, 2.24) is 5.32 Å². The van der Waals surface area contributed by atoms with Crippen molar-refractivity contribution in [3.05, 3.63) is 11.8 Å². The predicted molar refractivity (Wildman–Crippen MR) is 56.5 cm³/mol. The highest BCUT2D eigenvalue weighted by molar-refractivity contribution is 5.89. The van der Waals surface area contributed by atoms with E-state index >= 15 is 0 Å². The van der Waals surface area contributed by atoms with E-state index in [9.17, 15) is 4.79 Å². The van der Waals surface area contributed by atoms with Crippen LogP contribution < -0.4 is 5.32 Å². The van der Waals surface area contributed by atoms with Gasteiger partial charge in [0.05, 0.1) is 0 Å². The molecule has 0 aliphatic rings. The van der Waals surface area contributed by atoms with Crippen LogP contribution in [0.15, 0.2) is 11.8 Å². The third kappa shape index (κ3) is 6.38. The van der Waals surface area contributed by atoms with Gasteiger partial charge < -0.3 is 5.32 Å². The van der Waals surface area contributed by atoms with E-state index in [1.807, 2.05) is 6.92 Å². The quantitative estimate of drug-likeness (QED) is 0.641. The van der Waals surface area contributed by atoms with Gasteiger partial charge in [0.2, 0.25) is 0 Å². The Morgan fingerprint density at radius 1 is 1.31 bits per heavy atom. The molecular formula is C11H21NO. The van der Waals surface area contributed by atoms with Crippen molar-refractivity contribution >= 4 is 5.78 Å². The summed E-state index contributed by atoms with van der Waals surface area (Å²) in [6.45, 7) is 9.19. The first-order valence-corrected chi connectivity index (χ1v) is 5.07. The van der Waals surface area contributed by atoms with Crippen LogP contribution in [0.2, 0.25) is 0 Å². The van der Waals surface area contributed by atoms with E-state index in [0.29, 0.717) is 12.3 Å². The summed E-state index contributed by atoms with van der Waals surface area (Å²) < 4.78 is 0. The smallest absolute Gasteiger partial charge is 0.157 e. The molecule has 0 saturated carbocycles. The summed E-state index contributed by atoms with van der Waals surface area (Å²) in [7, 11) is 0. The average molecular weight is 183 g/mol. The van der Waals surface area contributed by atoms with Crippen molar-refractivity contribution in [3.63, 3.8) is 0 Å². The molecule has 0 aromatic carbocycles. The Labute approximate surface area is 81.4 Å². The topological polar surface area (TPSA) is 29.1 Å². The van der Waals surface area contributed by atoms with Crippen molar-refractivity contribution in [2.45, 2.75) is 40.5 Å². The fraction of sp³-hybridized carbons (Fsp3) is 0.727. The number of allylic oxidation sites excluding steroid dienone is 2. The predicted octanol–water partition coefficient (Wildman–Crippen LogP) is 2.51. The van der Waals surface area contributed by atoms with Gasteiger partial charge >= 0.3 is 0 Å². The van der Waals surface area contributed by atoms with Crippen LogP contribution in [0, 0.1) is 5.92 Å². The lowest BCUT2D eigenvalue weighted by molar-refractivity contribution is -0.114. The number of rotatable bonds is 6. The van der Waals surface area contributed by atoms with Gasteiger partial charge in [0.15, 0.2) is 5.78 Å². The monoisotopic (exact) mass is 183 g/mol. The highest BCUT2D eigenvalue weighted by Crippen LogP contribution is 1.99. The first-order valence-electron chi connectivity index (χ1n) is 5.07. The minimum Gasteiger partial charge on any atom is -0.388 e. The van der Waals surface area contributed by atoms with E-state index in [2.05, 4.69) is 26.1 Å². The van der Waals surface area contributed by atoms with E-state index < -0.39 is 0 Å². The second-order valence-electron chi connectivity index (χ2n) is 3.62. The summed E-state index contributed by atoms with van der Waals surface area (Å²) in [5.74, 6) is 0.819. The molecule has 0 spiro atoms. The molecule has 13 heavy (non-hydrogen) atoms. The van der Waals surface area contributed by atoms with Crippen LogP contribution in [0.3, 0.4) is 0 Å². The van der Waals surface area contributed by atoms with Crippen molar-refractivity contribution in [3.8, 4) is 0 Å². The Hall–Kier alpha value is -0.790. The fourth-order valence-corrected chi connectivity index (χ4v) is 0.910. The number of nitrogens with one attached hydrogen (secondary N) is 1. The fourth-order valence-electron chi connectivity index (χ4n) is 0.910. The maximum Gasteiger partial charge on any atom is 0.157 e. The maximum absolute atomic E-state index is 11.1. The van der Waals surface area contributed by atoms with Gasteiger partial charge in [-0.3, -0.25) is 4.79 Å². The summed E-state index contributed by atoms with van der Waals surface area (Å²) in [5, 5.41) is 3.27. The summed E-state index contributed by atoms with van der Waals surface area (Å²) >= 11 is 0. The molecule has 76 valence electrons. The third-order valence-electron chi connectivity index (χ3n) is 1.80. The van der Waals surface area contributed by atoms with Gasteiger partial charge in [0.25, 0.3) is 0 Å². The molecule has 0 rings (SSSR count). The number of hydrogen-bond donors (Lipinski definition) is 1. The maximum atomic E-state index is 11.1. The van der Waals surface area contributed by atoms with Crippen LogP contribution in [0.4, 0.5) is 0 Å². The SMILES string of the molecule is CCC(=O)/C=C(/CC)NCC(C)C. The lowest BCUT2D eigenvalue weighted by Crippen LogP contribution is -2.19. The second-order valence-corrected chi connectivity index (χ2v) is 3.62. The molecule has 0 aromatic heterocycles. The van der Waals surface area contributed by atoms with Crippen LogP contribution >= 0.6 is 0 Å². The molecule has 0 aliphatic carbocycles. The Morgan fingerprint density at radius 3 is 2.31 bits per heavy atom. The first kappa shape index (κ1) is 12.2. The molecule has 2 nitrogen and oxygen atoms in total. The van der Waals surface area contributed by atoms with E-state index in [-0.39, 0.29) is 5.78 Å². The van der Waals surface area contributed by atoms with Gasteiger partial charge in [0, 0.05) is 18.7 Å². The van der Waals surface area contributed by atoms with Gasteiger partial charge in [0.1, 0.15) is 0 Å². The number of carbonyl (C=O) groups excluding carboxylic acids is 1. The Balaban J connectivity index is 4.01.